The summed E-state index contributed by atoms with van der Waals surface area (Å²) in [4.78, 5) is 26.6. The molecule has 0 fully saturated rings. The molecular weight excluding hydrogens is 342 g/mol. The minimum absolute atomic E-state index is 0.393. The van der Waals surface area contributed by atoms with E-state index in [1.165, 1.54) is 6.92 Å². The highest BCUT2D eigenvalue weighted by Crippen LogP contribution is 2.16. The zero-order valence-electron chi connectivity index (χ0n) is 15.7. The van der Waals surface area contributed by atoms with E-state index in [1.54, 1.807) is 36.4 Å². The van der Waals surface area contributed by atoms with Crippen LogP contribution in [0.25, 0.3) is 0 Å². The number of esters is 1. The van der Waals surface area contributed by atoms with Crippen molar-refractivity contribution in [2.45, 2.75) is 26.9 Å². The van der Waals surface area contributed by atoms with Gasteiger partial charge in [-0.2, -0.15) is 5.26 Å². The summed E-state index contributed by atoms with van der Waals surface area (Å²) in [5.74, 6) is -0.989. The largest absolute Gasteiger partial charge is 0.449 e. The summed E-state index contributed by atoms with van der Waals surface area (Å²) in [6, 6.07) is 15.6. The number of nitrogens with one attached hydrogen (secondary N) is 1. The molecule has 0 aliphatic heterocycles. The van der Waals surface area contributed by atoms with Crippen molar-refractivity contribution in [2.24, 2.45) is 0 Å². The van der Waals surface area contributed by atoms with E-state index in [1.807, 2.05) is 18.2 Å². The third-order valence-electron chi connectivity index (χ3n) is 4.17. The van der Waals surface area contributed by atoms with Crippen molar-refractivity contribution < 1.29 is 14.3 Å². The van der Waals surface area contributed by atoms with Gasteiger partial charge in [0.15, 0.2) is 6.10 Å². The Hall–Kier alpha value is -3.33. The van der Waals surface area contributed by atoms with Gasteiger partial charge >= 0.3 is 5.97 Å². The van der Waals surface area contributed by atoms with Gasteiger partial charge in [0.2, 0.25) is 0 Å². The Morgan fingerprint density at radius 2 is 1.67 bits per heavy atom. The number of carbonyl (C=O) groups excluding carboxylic acids is 2. The molecule has 0 saturated carbocycles. The summed E-state index contributed by atoms with van der Waals surface area (Å²) >= 11 is 0. The first-order chi connectivity index (χ1) is 13.0. The minimum Gasteiger partial charge on any atom is -0.449 e. The first-order valence-corrected chi connectivity index (χ1v) is 8.85. The average molecular weight is 365 g/mol. The molecule has 2 rings (SSSR count). The van der Waals surface area contributed by atoms with Crippen LogP contribution in [0.2, 0.25) is 0 Å². The minimum atomic E-state index is -0.949. The van der Waals surface area contributed by atoms with Gasteiger partial charge < -0.3 is 15.0 Å². The number of hydrogen-bond donors (Lipinski definition) is 1. The molecule has 0 unspecified atom stereocenters. The molecule has 0 aliphatic rings. The van der Waals surface area contributed by atoms with Crippen molar-refractivity contribution in [1.82, 2.24) is 0 Å². The maximum Gasteiger partial charge on any atom is 0.338 e. The van der Waals surface area contributed by atoms with E-state index in [2.05, 4.69) is 24.1 Å². The van der Waals surface area contributed by atoms with Gasteiger partial charge in [0, 0.05) is 24.5 Å². The highest BCUT2D eigenvalue weighted by Gasteiger charge is 2.19. The van der Waals surface area contributed by atoms with E-state index >= 15 is 0 Å². The Bertz CT molecular complexity index is 819. The molecule has 1 atom stereocenters. The van der Waals surface area contributed by atoms with Gasteiger partial charge in [-0.3, -0.25) is 4.79 Å². The predicted molar refractivity (Wildman–Crippen MR) is 105 cm³/mol. The number of nitriles is 1. The van der Waals surface area contributed by atoms with Gasteiger partial charge in [-0.1, -0.05) is 0 Å². The Kier molecular flexibility index (Phi) is 6.95. The van der Waals surface area contributed by atoms with E-state index in [4.69, 9.17) is 10.00 Å². The van der Waals surface area contributed by atoms with Crippen molar-refractivity contribution in [3.8, 4) is 6.07 Å². The molecule has 1 N–H and O–H groups in total. The molecule has 2 aromatic rings. The lowest BCUT2D eigenvalue weighted by Gasteiger charge is -2.21. The van der Waals surface area contributed by atoms with Crippen molar-refractivity contribution in [1.29, 1.82) is 5.26 Å². The lowest BCUT2D eigenvalue weighted by Crippen LogP contribution is -2.30. The number of amides is 1. The molecule has 140 valence electrons. The van der Waals surface area contributed by atoms with E-state index < -0.39 is 18.0 Å². The number of hydrogen-bond acceptors (Lipinski definition) is 5. The number of ether oxygens (including phenoxy) is 1. The maximum atomic E-state index is 12.3. The molecule has 1 amide bonds. The Labute approximate surface area is 159 Å². The average Bonchev–Trinajstić information content (AvgIpc) is 2.70. The zero-order valence-corrected chi connectivity index (χ0v) is 15.7. The Morgan fingerprint density at radius 1 is 1.07 bits per heavy atom. The summed E-state index contributed by atoms with van der Waals surface area (Å²) in [7, 11) is 0. The molecular formula is C21H23N3O3. The Morgan fingerprint density at radius 3 is 2.19 bits per heavy atom. The first-order valence-electron chi connectivity index (χ1n) is 8.85. The molecule has 6 heteroatoms. The van der Waals surface area contributed by atoms with Crippen LogP contribution in [-0.2, 0) is 9.53 Å². The molecule has 0 bridgehead atoms. The molecule has 0 aliphatic carbocycles. The Balaban J connectivity index is 1.95. The third kappa shape index (κ3) is 5.32. The zero-order chi connectivity index (χ0) is 19.8. The smallest absolute Gasteiger partial charge is 0.338 e. The van der Waals surface area contributed by atoms with E-state index in [0.29, 0.717) is 16.8 Å². The molecule has 27 heavy (non-hydrogen) atoms. The van der Waals surface area contributed by atoms with Gasteiger partial charge in [0.05, 0.1) is 17.2 Å². The monoisotopic (exact) mass is 365 g/mol. The topological polar surface area (TPSA) is 82.4 Å². The van der Waals surface area contributed by atoms with Crippen molar-refractivity contribution in [2.75, 3.05) is 23.3 Å². The number of rotatable bonds is 7. The lowest BCUT2D eigenvalue weighted by molar-refractivity contribution is -0.123. The summed E-state index contributed by atoms with van der Waals surface area (Å²) in [6.07, 6.45) is -0.949. The highest BCUT2D eigenvalue weighted by molar-refractivity contribution is 5.97. The molecule has 0 saturated heterocycles. The second kappa shape index (κ2) is 9.39. The van der Waals surface area contributed by atoms with Gasteiger partial charge in [0.1, 0.15) is 0 Å². The predicted octanol–water partition coefficient (Wildman–Crippen LogP) is 3.59. The normalized spacial score (nSPS) is 11.2. The summed E-state index contributed by atoms with van der Waals surface area (Å²) < 4.78 is 5.25. The number of nitrogens with zero attached hydrogens (tertiary/aromatic N) is 2. The molecule has 0 radical (unpaired) electrons. The molecule has 0 spiro atoms. The van der Waals surface area contributed by atoms with Gasteiger partial charge in [-0.05, 0) is 69.3 Å². The maximum absolute atomic E-state index is 12.3. The summed E-state index contributed by atoms with van der Waals surface area (Å²) in [5.41, 5.74) is 2.46. The van der Waals surface area contributed by atoms with E-state index in [9.17, 15) is 9.59 Å². The fourth-order valence-corrected chi connectivity index (χ4v) is 2.55. The quantitative estimate of drug-likeness (QED) is 0.758. The second-order valence-corrected chi connectivity index (χ2v) is 5.95. The van der Waals surface area contributed by atoms with Crippen LogP contribution >= 0.6 is 0 Å². The van der Waals surface area contributed by atoms with Gasteiger partial charge in [-0.15, -0.1) is 0 Å². The summed E-state index contributed by atoms with van der Waals surface area (Å²) in [5, 5.41) is 11.4. The van der Waals surface area contributed by atoms with Crippen LogP contribution in [0.4, 0.5) is 11.4 Å². The standard InChI is InChI=1S/C21H23N3O3/c1-4-24(5-2)19-12-8-17(9-13-19)21(26)27-15(3)20(25)23-18-10-6-16(14-22)7-11-18/h6-13,15H,4-5H2,1-3H3,(H,23,25)/t15-/m0/s1. The van der Waals surface area contributed by atoms with Gasteiger partial charge in [0.25, 0.3) is 5.91 Å². The van der Waals surface area contributed by atoms with Gasteiger partial charge in [-0.25, -0.2) is 4.79 Å². The van der Waals surface area contributed by atoms with Crippen LogP contribution in [0.15, 0.2) is 48.5 Å². The fraction of sp³-hybridized carbons (Fsp3) is 0.286. The van der Waals surface area contributed by atoms with Crippen LogP contribution in [0.3, 0.4) is 0 Å². The van der Waals surface area contributed by atoms with Crippen LogP contribution < -0.4 is 10.2 Å². The molecule has 0 heterocycles. The summed E-state index contributed by atoms with van der Waals surface area (Å²) in [6.45, 7) is 7.42. The SMILES string of the molecule is CCN(CC)c1ccc(C(=O)O[C@@H](C)C(=O)Nc2ccc(C#N)cc2)cc1. The van der Waals surface area contributed by atoms with Crippen LogP contribution in [-0.4, -0.2) is 31.1 Å². The molecule has 2 aromatic carbocycles. The fourth-order valence-electron chi connectivity index (χ4n) is 2.55. The number of benzene rings is 2. The van der Waals surface area contributed by atoms with Crippen molar-refractivity contribution in [3.05, 3.63) is 59.7 Å². The lowest BCUT2D eigenvalue weighted by atomic mass is 10.2. The molecule has 6 nitrogen and oxygen atoms in total. The van der Waals surface area contributed by atoms with Crippen LogP contribution in [0.1, 0.15) is 36.7 Å². The number of anilines is 2. The second-order valence-electron chi connectivity index (χ2n) is 5.95. The first kappa shape index (κ1) is 20.0. The van der Waals surface area contributed by atoms with E-state index in [0.717, 1.165) is 18.8 Å². The van der Waals surface area contributed by atoms with E-state index in [-0.39, 0.29) is 0 Å². The van der Waals surface area contributed by atoms with Crippen LogP contribution in [0.5, 0.6) is 0 Å². The van der Waals surface area contributed by atoms with Crippen LogP contribution in [0, 0.1) is 11.3 Å². The highest BCUT2D eigenvalue weighted by atomic mass is 16.5. The van der Waals surface area contributed by atoms with Crippen molar-refractivity contribution in [3.63, 3.8) is 0 Å². The van der Waals surface area contributed by atoms with Crippen molar-refractivity contribution >= 4 is 23.3 Å². The molecule has 0 aromatic heterocycles. The number of carbonyl (C=O) groups is 2. The third-order valence-corrected chi connectivity index (χ3v) is 4.17.